The second-order valence-corrected chi connectivity index (χ2v) is 4.33. The van der Waals surface area contributed by atoms with E-state index in [-0.39, 0.29) is 18.9 Å². The molecule has 0 aliphatic heterocycles. The highest BCUT2D eigenvalue weighted by atomic mass is 16.5. The third kappa shape index (κ3) is 10.6. The molecule has 0 saturated heterocycles. The fourth-order valence-corrected chi connectivity index (χ4v) is 1.57. The Labute approximate surface area is 124 Å². The van der Waals surface area contributed by atoms with E-state index in [1.807, 2.05) is 0 Å². The van der Waals surface area contributed by atoms with E-state index >= 15 is 0 Å². The number of carbonyl (C=O) groups excluding carboxylic acids is 2. The number of esters is 1. The topological polar surface area (TPSA) is 114 Å². The molecular formula is C13H24N2O6. The number of hydrogen-bond acceptors (Lipinski definition) is 5. The van der Waals surface area contributed by atoms with E-state index in [0.717, 1.165) is 0 Å². The molecule has 0 saturated carbocycles. The van der Waals surface area contributed by atoms with Gasteiger partial charge in [-0.2, -0.15) is 0 Å². The summed E-state index contributed by atoms with van der Waals surface area (Å²) in [5.74, 6) is -1.41. The molecule has 1 unspecified atom stereocenters. The van der Waals surface area contributed by atoms with E-state index in [2.05, 4.69) is 10.6 Å². The van der Waals surface area contributed by atoms with E-state index in [4.69, 9.17) is 14.6 Å². The van der Waals surface area contributed by atoms with E-state index < -0.39 is 18.0 Å². The van der Waals surface area contributed by atoms with Gasteiger partial charge < -0.3 is 25.2 Å². The van der Waals surface area contributed by atoms with Gasteiger partial charge in [-0.3, -0.25) is 4.79 Å². The first-order valence-corrected chi connectivity index (χ1v) is 6.93. The van der Waals surface area contributed by atoms with Crippen molar-refractivity contribution in [2.24, 2.45) is 0 Å². The van der Waals surface area contributed by atoms with Gasteiger partial charge in [0.15, 0.2) is 0 Å². The van der Waals surface area contributed by atoms with Crippen molar-refractivity contribution >= 4 is 18.0 Å². The third-order valence-corrected chi connectivity index (χ3v) is 2.59. The lowest BCUT2D eigenvalue weighted by molar-refractivity contribution is -0.143. The number of carboxylic acids is 1. The van der Waals surface area contributed by atoms with Crippen molar-refractivity contribution in [3.05, 3.63) is 0 Å². The van der Waals surface area contributed by atoms with Crippen LogP contribution in [0.25, 0.3) is 0 Å². The van der Waals surface area contributed by atoms with Crippen molar-refractivity contribution in [1.29, 1.82) is 0 Å². The molecule has 0 spiro atoms. The number of ether oxygens (including phenoxy) is 2. The Kier molecular flexibility index (Phi) is 10.9. The quantitative estimate of drug-likeness (QED) is 0.378. The maximum Gasteiger partial charge on any atom is 0.326 e. The van der Waals surface area contributed by atoms with Crippen molar-refractivity contribution < 1.29 is 29.0 Å². The zero-order chi connectivity index (χ0) is 16.1. The Morgan fingerprint density at radius 1 is 1.24 bits per heavy atom. The Bertz CT molecular complexity index is 335. The van der Waals surface area contributed by atoms with Crippen molar-refractivity contribution in [3.63, 3.8) is 0 Å². The molecule has 8 nitrogen and oxygen atoms in total. The number of carboxylic acid groups (broad SMARTS) is 1. The minimum Gasteiger partial charge on any atom is -0.480 e. The molecule has 0 bridgehead atoms. The molecule has 0 aliphatic carbocycles. The van der Waals surface area contributed by atoms with Crippen LogP contribution in [-0.4, -0.2) is 56.0 Å². The molecule has 0 heterocycles. The summed E-state index contributed by atoms with van der Waals surface area (Å²) in [6.07, 6.45) is 1.48. The first-order valence-electron chi connectivity index (χ1n) is 6.93. The highest BCUT2D eigenvalue weighted by molar-refractivity contribution is 5.82. The number of amides is 2. The summed E-state index contributed by atoms with van der Waals surface area (Å²) in [6.45, 7) is 2.76. The van der Waals surface area contributed by atoms with E-state index in [1.54, 1.807) is 6.92 Å². The molecule has 8 heteroatoms. The monoisotopic (exact) mass is 304 g/mol. The molecule has 0 aromatic carbocycles. The number of rotatable bonds is 11. The molecule has 0 radical (unpaired) electrons. The van der Waals surface area contributed by atoms with Crippen molar-refractivity contribution in [1.82, 2.24) is 10.6 Å². The van der Waals surface area contributed by atoms with Crippen LogP contribution in [0.4, 0.5) is 4.79 Å². The highest BCUT2D eigenvalue weighted by Crippen LogP contribution is 1.98. The van der Waals surface area contributed by atoms with Crippen LogP contribution in [-0.2, 0) is 19.1 Å². The number of nitrogens with one attached hydrogen (secondary N) is 2. The van der Waals surface area contributed by atoms with Crippen molar-refractivity contribution in [2.45, 2.75) is 38.6 Å². The van der Waals surface area contributed by atoms with Gasteiger partial charge in [0.1, 0.15) is 6.04 Å². The van der Waals surface area contributed by atoms with Gasteiger partial charge in [0.05, 0.1) is 6.61 Å². The zero-order valence-corrected chi connectivity index (χ0v) is 12.5. The number of hydrogen-bond donors (Lipinski definition) is 3. The molecule has 0 aromatic heterocycles. The van der Waals surface area contributed by atoms with Crippen LogP contribution in [0, 0.1) is 0 Å². The lowest BCUT2D eigenvalue weighted by Gasteiger charge is -2.14. The normalized spacial score (nSPS) is 11.5. The summed E-state index contributed by atoms with van der Waals surface area (Å²) < 4.78 is 9.58. The lowest BCUT2D eigenvalue weighted by atomic mass is 10.1. The van der Waals surface area contributed by atoms with Gasteiger partial charge in [0, 0.05) is 26.7 Å². The molecule has 2 amide bonds. The fraction of sp³-hybridized carbons (Fsp3) is 0.769. The lowest BCUT2D eigenvalue weighted by Crippen LogP contribution is -2.46. The van der Waals surface area contributed by atoms with E-state index in [1.165, 1.54) is 7.11 Å². The van der Waals surface area contributed by atoms with Crippen LogP contribution in [0.3, 0.4) is 0 Å². The second-order valence-electron chi connectivity index (χ2n) is 4.33. The molecule has 21 heavy (non-hydrogen) atoms. The average Bonchev–Trinajstić information content (AvgIpc) is 2.43. The molecule has 0 rings (SSSR count). The van der Waals surface area contributed by atoms with Gasteiger partial charge in [-0.1, -0.05) is 0 Å². The largest absolute Gasteiger partial charge is 0.480 e. The van der Waals surface area contributed by atoms with Gasteiger partial charge in [-0.25, -0.2) is 9.59 Å². The molecule has 0 fully saturated rings. The molecule has 122 valence electrons. The SMILES string of the molecule is CCOC(=O)CCCNC(=O)NC(CCCOC)C(=O)O. The Hall–Kier alpha value is -1.83. The summed E-state index contributed by atoms with van der Waals surface area (Å²) in [5, 5.41) is 13.9. The van der Waals surface area contributed by atoms with Crippen molar-refractivity contribution in [2.75, 3.05) is 26.9 Å². The van der Waals surface area contributed by atoms with Crippen LogP contribution >= 0.6 is 0 Å². The maximum absolute atomic E-state index is 11.5. The predicted octanol–water partition coefficient (Wildman–Crippen LogP) is 0.509. The van der Waals surface area contributed by atoms with Crippen LogP contribution in [0.5, 0.6) is 0 Å². The predicted molar refractivity (Wildman–Crippen MR) is 74.9 cm³/mol. The first-order chi connectivity index (χ1) is 10.0. The summed E-state index contributed by atoms with van der Waals surface area (Å²) in [5.41, 5.74) is 0. The first kappa shape index (κ1) is 19.2. The zero-order valence-electron chi connectivity index (χ0n) is 12.5. The summed E-state index contributed by atoms with van der Waals surface area (Å²) in [6, 6.07) is -1.52. The summed E-state index contributed by atoms with van der Waals surface area (Å²) in [7, 11) is 1.53. The van der Waals surface area contributed by atoms with Crippen LogP contribution in [0.1, 0.15) is 32.6 Å². The second kappa shape index (κ2) is 12.0. The van der Waals surface area contributed by atoms with E-state index in [0.29, 0.717) is 32.5 Å². The van der Waals surface area contributed by atoms with Gasteiger partial charge in [-0.05, 0) is 26.2 Å². The van der Waals surface area contributed by atoms with Crippen molar-refractivity contribution in [3.8, 4) is 0 Å². The average molecular weight is 304 g/mol. The standard InChI is InChI=1S/C13H24N2O6/c1-3-21-11(16)7-4-8-14-13(19)15-10(12(17)18)6-5-9-20-2/h10H,3-9H2,1-2H3,(H,17,18)(H2,14,15,19). The number of aliphatic carboxylic acids is 1. The van der Waals surface area contributed by atoms with Gasteiger partial charge in [0.2, 0.25) is 0 Å². The molecule has 3 N–H and O–H groups in total. The van der Waals surface area contributed by atoms with Gasteiger partial charge in [-0.15, -0.1) is 0 Å². The van der Waals surface area contributed by atoms with Gasteiger partial charge in [0.25, 0.3) is 0 Å². The Morgan fingerprint density at radius 2 is 1.95 bits per heavy atom. The van der Waals surface area contributed by atoms with Crippen LogP contribution in [0.2, 0.25) is 0 Å². The van der Waals surface area contributed by atoms with Gasteiger partial charge >= 0.3 is 18.0 Å². The minimum absolute atomic E-state index is 0.213. The summed E-state index contributed by atoms with van der Waals surface area (Å²) >= 11 is 0. The number of methoxy groups -OCH3 is 1. The number of carbonyl (C=O) groups is 3. The van der Waals surface area contributed by atoms with Crippen LogP contribution < -0.4 is 10.6 Å². The highest BCUT2D eigenvalue weighted by Gasteiger charge is 2.19. The fourth-order valence-electron chi connectivity index (χ4n) is 1.57. The van der Waals surface area contributed by atoms with E-state index in [9.17, 15) is 14.4 Å². The smallest absolute Gasteiger partial charge is 0.326 e. The molecule has 0 aliphatic rings. The minimum atomic E-state index is -1.09. The third-order valence-electron chi connectivity index (χ3n) is 2.59. The molecule has 0 aromatic rings. The molecular weight excluding hydrogens is 280 g/mol. The maximum atomic E-state index is 11.5. The Morgan fingerprint density at radius 3 is 2.52 bits per heavy atom. The number of urea groups is 1. The van der Waals surface area contributed by atoms with Crippen LogP contribution in [0.15, 0.2) is 0 Å². The summed E-state index contributed by atoms with van der Waals surface area (Å²) in [4.78, 5) is 33.6. The molecule has 1 atom stereocenters. The Balaban J connectivity index is 3.87.